The Morgan fingerprint density at radius 1 is 1.26 bits per heavy atom. The van der Waals surface area contributed by atoms with Gasteiger partial charge in [-0.25, -0.2) is 13.4 Å². The maximum absolute atomic E-state index is 11.4. The fraction of sp³-hybridized carbons (Fsp3) is 0.308. The standard InChI is InChI=1S/C13H15BrN2O2S/c1-2-19(17,18)9-8-16-13-11-4-3-5-12(14)10(11)6-7-15-13/h3-7H,2,8-9H2,1H3,(H,15,16). The molecule has 0 aliphatic heterocycles. The minimum absolute atomic E-state index is 0.121. The smallest absolute Gasteiger partial charge is 0.151 e. The predicted molar refractivity (Wildman–Crippen MR) is 82.3 cm³/mol. The third-order valence-electron chi connectivity index (χ3n) is 2.90. The first kappa shape index (κ1) is 14.3. The molecule has 0 bridgehead atoms. The van der Waals surface area contributed by atoms with Crippen LogP contribution in [0.15, 0.2) is 34.9 Å². The van der Waals surface area contributed by atoms with Gasteiger partial charge in [0.05, 0.1) is 5.75 Å². The second-order valence-corrected chi connectivity index (χ2v) is 7.48. The summed E-state index contributed by atoms with van der Waals surface area (Å²) >= 11 is 3.49. The third-order valence-corrected chi connectivity index (χ3v) is 5.30. The summed E-state index contributed by atoms with van der Waals surface area (Å²) in [4.78, 5) is 4.27. The average molecular weight is 343 g/mol. The van der Waals surface area contributed by atoms with Crippen molar-refractivity contribution in [3.05, 3.63) is 34.9 Å². The molecule has 0 saturated carbocycles. The van der Waals surface area contributed by atoms with Gasteiger partial charge >= 0.3 is 0 Å². The molecular formula is C13H15BrN2O2S. The number of benzene rings is 1. The molecule has 0 amide bonds. The van der Waals surface area contributed by atoms with Gasteiger partial charge in [0.1, 0.15) is 5.82 Å². The van der Waals surface area contributed by atoms with Crippen LogP contribution in [0.25, 0.3) is 10.8 Å². The van der Waals surface area contributed by atoms with E-state index in [1.165, 1.54) is 0 Å². The lowest BCUT2D eigenvalue weighted by molar-refractivity contribution is 0.597. The highest BCUT2D eigenvalue weighted by molar-refractivity contribution is 9.10. The van der Waals surface area contributed by atoms with Crippen LogP contribution < -0.4 is 5.32 Å². The Morgan fingerprint density at radius 2 is 2.05 bits per heavy atom. The molecule has 1 N–H and O–H groups in total. The highest BCUT2D eigenvalue weighted by Crippen LogP contribution is 2.27. The summed E-state index contributed by atoms with van der Waals surface area (Å²) in [7, 11) is -2.95. The molecule has 102 valence electrons. The molecule has 2 rings (SSSR count). The Morgan fingerprint density at radius 3 is 2.79 bits per heavy atom. The van der Waals surface area contributed by atoms with Crippen molar-refractivity contribution in [3.8, 4) is 0 Å². The van der Waals surface area contributed by atoms with Gasteiger partial charge in [-0.3, -0.25) is 0 Å². The van der Waals surface area contributed by atoms with Crippen molar-refractivity contribution in [1.29, 1.82) is 0 Å². The fourth-order valence-corrected chi connectivity index (χ4v) is 2.98. The monoisotopic (exact) mass is 342 g/mol. The van der Waals surface area contributed by atoms with Gasteiger partial charge in [-0.15, -0.1) is 0 Å². The molecule has 0 atom stereocenters. The SMILES string of the molecule is CCS(=O)(=O)CCNc1nccc2c(Br)cccc12. The molecule has 1 heterocycles. The largest absolute Gasteiger partial charge is 0.369 e. The summed E-state index contributed by atoms with van der Waals surface area (Å²) in [5.74, 6) is 1.00. The molecule has 1 aromatic heterocycles. The lowest BCUT2D eigenvalue weighted by atomic mass is 10.1. The highest BCUT2D eigenvalue weighted by atomic mass is 79.9. The number of nitrogens with zero attached hydrogens (tertiary/aromatic N) is 1. The minimum atomic E-state index is -2.95. The topological polar surface area (TPSA) is 59.1 Å². The molecule has 19 heavy (non-hydrogen) atoms. The van der Waals surface area contributed by atoms with Gasteiger partial charge in [-0.2, -0.15) is 0 Å². The van der Waals surface area contributed by atoms with Crippen molar-refractivity contribution in [2.45, 2.75) is 6.92 Å². The van der Waals surface area contributed by atoms with Gasteiger partial charge < -0.3 is 5.32 Å². The number of halogens is 1. The van der Waals surface area contributed by atoms with E-state index in [1.54, 1.807) is 13.1 Å². The van der Waals surface area contributed by atoms with Crippen LogP contribution in [0, 0.1) is 0 Å². The first-order valence-electron chi connectivity index (χ1n) is 6.01. The second kappa shape index (κ2) is 5.88. The summed E-state index contributed by atoms with van der Waals surface area (Å²) in [6, 6.07) is 7.78. The first-order chi connectivity index (χ1) is 9.03. The van der Waals surface area contributed by atoms with Crippen molar-refractivity contribution in [3.63, 3.8) is 0 Å². The minimum Gasteiger partial charge on any atom is -0.369 e. The zero-order valence-electron chi connectivity index (χ0n) is 10.6. The summed E-state index contributed by atoms with van der Waals surface area (Å²) in [6.45, 7) is 2.03. The Bertz CT molecular complexity index is 686. The normalized spacial score (nSPS) is 11.7. The molecule has 0 saturated heterocycles. The molecule has 0 aliphatic rings. The van der Waals surface area contributed by atoms with Crippen LogP contribution in [0.3, 0.4) is 0 Å². The number of hydrogen-bond donors (Lipinski definition) is 1. The molecule has 0 unspecified atom stereocenters. The molecule has 0 spiro atoms. The van der Waals surface area contributed by atoms with Crippen LogP contribution >= 0.6 is 15.9 Å². The van der Waals surface area contributed by atoms with E-state index in [9.17, 15) is 8.42 Å². The van der Waals surface area contributed by atoms with Crippen LogP contribution in [0.5, 0.6) is 0 Å². The molecule has 2 aromatic rings. The number of fused-ring (bicyclic) bond motifs is 1. The Labute approximate surface area is 121 Å². The molecule has 6 heteroatoms. The summed E-state index contributed by atoms with van der Waals surface area (Å²) in [6.07, 6.45) is 1.71. The van der Waals surface area contributed by atoms with Gasteiger partial charge in [0, 0.05) is 33.7 Å². The van der Waals surface area contributed by atoms with E-state index in [0.717, 1.165) is 15.2 Å². The van der Waals surface area contributed by atoms with E-state index in [1.807, 2.05) is 24.3 Å². The number of pyridine rings is 1. The average Bonchev–Trinajstić information content (AvgIpc) is 2.40. The first-order valence-corrected chi connectivity index (χ1v) is 8.62. The van der Waals surface area contributed by atoms with Crippen LogP contribution in [0.2, 0.25) is 0 Å². The number of aromatic nitrogens is 1. The lowest BCUT2D eigenvalue weighted by Gasteiger charge is -2.09. The summed E-state index contributed by atoms with van der Waals surface area (Å²) < 4.78 is 23.9. The van der Waals surface area contributed by atoms with Gasteiger partial charge in [0.2, 0.25) is 0 Å². The lowest BCUT2D eigenvalue weighted by Crippen LogP contribution is -2.17. The zero-order valence-corrected chi connectivity index (χ0v) is 13.0. The van der Waals surface area contributed by atoms with Gasteiger partial charge in [0.25, 0.3) is 0 Å². The van der Waals surface area contributed by atoms with Crippen LogP contribution in [0.1, 0.15) is 6.92 Å². The third kappa shape index (κ3) is 3.45. The number of hydrogen-bond acceptors (Lipinski definition) is 4. The van der Waals surface area contributed by atoms with Gasteiger partial charge in [-0.05, 0) is 12.1 Å². The fourth-order valence-electron chi connectivity index (χ4n) is 1.78. The summed E-state index contributed by atoms with van der Waals surface area (Å²) in [5, 5.41) is 5.13. The Hall–Kier alpha value is -1.14. The van der Waals surface area contributed by atoms with Crippen molar-refractivity contribution >= 4 is 42.4 Å². The van der Waals surface area contributed by atoms with E-state index in [0.29, 0.717) is 12.4 Å². The molecule has 0 aliphatic carbocycles. The van der Waals surface area contributed by atoms with Crippen molar-refractivity contribution in [2.75, 3.05) is 23.4 Å². The van der Waals surface area contributed by atoms with E-state index in [4.69, 9.17) is 0 Å². The maximum Gasteiger partial charge on any atom is 0.151 e. The maximum atomic E-state index is 11.4. The second-order valence-electron chi connectivity index (χ2n) is 4.16. The number of sulfone groups is 1. The Kier molecular flexibility index (Phi) is 4.42. The highest BCUT2D eigenvalue weighted by Gasteiger charge is 2.08. The molecule has 0 radical (unpaired) electrons. The molecule has 1 aromatic carbocycles. The van der Waals surface area contributed by atoms with Crippen molar-refractivity contribution < 1.29 is 8.42 Å². The van der Waals surface area contributed by atoms with Crippen molar-refractivity contribution in [1.82, 2.24) is 4.98 Å². The Balaban J connectivity index is 2.20. The van der Waals surface area contributed by atoms with Crippen molar-refractivity contribution in [2.24, 2.45) is 0 Å². The number of anilines is 1. The molecule has 4 nitrogen and oxygen atoms in total. The summed E-state index contributed by atoms with van der Waals surface area (Å²) in [5.41, 5.74) is 0. The van der Waals surface area contributed by atoms with E-state index in [2.05, 4.69) is 26.2 Å². The van der Waals surface area contributed by atoms with Crippen LogP contribution in [-0.4, -0.2) is 31.5 Å². The molecule has 0 fully saturated rings. The van der Waals surface area contributed by atoms with Gasteiger partial charge in [-0.1, -0.05) is 35.0 Å². The predicted octanol–water partition coefficient (Wildman–Crippen LogP) is 2.84. The molecular weight excluding hydrogens is 328 g/mol. The quantitative estimate of drug-likeness (QED) is 0.907. The van der Waals surface area contributed by atoms with E-state index >= 15 is 0 Å². The number of nitrogens with one attached hydrogen (secondary N) is 1. The van der Waals surface area contributed by atoms with E-state index < -0.39 is 9.84 Å². The van der Waals surface area contributed by atoms with E-state index in [-0.39, 0.29) is 11.5 Å². The van der Waals surface area contributed by atoms with Crippen LogP contribution in [0.4, 0.5) is 5.82 Å². The van der Waals surface area contributed by atoms with Crippen LogP contribution in [-0.2, 0) is 9.84 Å². The van der Waals surface area contributed by atoms with Gasteiger partial charge in [0.15, 0.2) is 9.84 Å². The zero-order chi connectivity index (χ0) is 13.9. The number of rotatable bonds is 5.